The first kappa shape index (κ1) is 17.4. The fourth-order valence-corrected chi connectivity index (χ4v) is 5.48. The molecule has 2 heterocycles. The van der Waals surface area contributed by atoms with Gasteiger partial charge in [0.05, 0.1) is 16.8 Å². The summed E-state index contributed by atoms with van der Waals surface area (Å²) in [6.45, 7) is 9.10. The number of fused-ring (bicyclic) bond motifs is 1. The molecule has 1 fully saturated rings. The molecule has 0 spiro atoms. The largest absolute Gasteiger partial charge is 0.342 e. The Bertz CT molecular complexity index is 834. The van der Waals surface area contributed by atoms with Gasteiger partial charge in [-0.05, 0) is 42.9 Å². The number of rotatable bonds is 3. The van der Waals surface area contributed by atoms with Crippen LogP contribution in [0.4, 0.5) is 0 Å². The Morgan fingerprint density at radius 2 is 2.08 bits per heavy atom. The molecule has 1 saturated heterocycles. The number of aryl methyl sites for hydroxylation is 1. The molecule has 1 unspecified atom stereocenters. The Morgan fingerprint density at radius 3 is 2.79 bits per heavy atom. The lowest BCUT2D eigenvalue weighted by atomic mass is 9.99. The molecule has 3 rings (SSSR count). The van der Waals surface area contributed by atoms with Crippen molar-refractivity contribution in [2.45, 2.75) is 46.5 Å². The van der Waals surface area contributed by atoms with E-state index in [0.717, 1.165) is 29.7 Å². The van der Waals surface area contributed by atoms with E-state index in [1.54, 1.807) is 4.31 Å². The van der Waals surface area contributed by atoms with Crippen LogP contribution in [0.15, 0.2) is 18.2 Å². The molecule has 6 heteroatoms. The number of aromatic nitrogens is 2. The van der Waals surface area contributed by atoms with Crippen LogP contribution in [0.1, 0.15) is 50.9 Å². The molecule has 0 amide bonds. The van der Waals surface area contributed by atoms with Crippen molar-refractivity contribution in [3.8, 4) is 0 Å². The van der Waals surface area contributed by atoms with Crippen molar-refractivity contribution in [1.82, 2.24) is 14.3 Å². The van der Waals surface area contributed by atoms with Crippen LogP contribution in [-0.4, -0.2) is 41.5 Å². The van der Waals surface area contributed by atoms with Crippen LogP contribution in [0, 0.1) is 12.3 Å². The summed E-state index contributed by atoms with van der Waals surface area (Å²) in [5.74, 6) is 1.24. The van der Waals surface area contributed by atoms with Crippen LogP contribution in [0.3, 0.4) is 0 Å². The number of nitrogens with one attached hydrogen (secondary N) is 1. The van der Waals surface area contributed by atoms with E-state index >= 15 is 0 Å². The van der Waals surface area contributed by atoms with Gasteiger partial charge in [-0.2, -0.15) is 0 Å². The first-order chi connectivity index (χ1) is 11.1. The quantitative estimate of drug-likeness (QED) is 0.923. The van der Waals surface area contributed by atoms with Gasteiger partial charge in [0.2, 0.25) is 10.0 Å². The Kier molecular flexibility index (Phi) is 4.47. The highest BCUT2D eigenvalue weighted by Crippen LogP contribution is 2.30. The monoisotopic (exact) mass is 349 g/mol. The van der Waals surface area contributed by atoms with Gasteiger partial charge in [0.25, 0.3) is 0 Å². The number of hydrogen-bond donors (Lipinski definition) is 1. The molecule has 0 aliphatic carbocycles. The minimum absolute atomic E-state index is 0.140. The second-order valence-corrected chi connectivity index (χ2v) is 10.1. The summed E-state index contributed by atoms with van der Waals surface area (Å²) < 4.78 is 27.0. The fraction of sp³-hybridized carbons (Fsp3) is 0.611. The second kappa shape index (κ2) is 6.15. The van der Waals surface area contributed by atoms with Crippen molar-refractivity contribution in [3.05, 3.63) is 29.6 Å². The highest BCUT2D eigenvalue weighted by atomic mass is 32.2. The summed E-state index contributed by atoms with van der Waals surface area (Å²) in [7, 11) is -3.23. The van der Waals surface area contributed by atoms with Gasteiger partial charge in [0.1, 0.15) is 5.82 Å². The highest BCUT2D eigenvalue weighted by Gasteiger charge is 2.33. The summed E-state index contributed by atoms with van der Waals surface area (Å²) in [5, 5.41) is 0. The molecule has 5 nitrogen and oxygen atoms in total. The fourth-order valence-electron chi connectivity index (χ4n) is 3.39. The molecule has 0 saturated carbocycles. The third-order valence-electron chi connectivity index (χ3n) is 4.44. The number of nitrogens with zero attached hydrogens (tertiary/aromatic N) is 2. The first-order valence-electron chi connectivity index (χ1n) is 8.58. The molecule has 24 heavy (non-hydrogen) atoms. The Hall–Kier alpha value is -1.40. The second-order valence-electron chi connectivity index (χ2n) is 8.16. The van der Waals surface area contributed by atoms with E-state index in [0.29, 0.717) is 13.1 Å². The Morgan fingerprint density at radius 1 is 1.33 bits per heavy atom. The Balaban J connectivity index is 1.82. The number of piperidine rings is 1. The van der Waals surface area contributed by atoms with Gasteiger partial charge in [-0.1, -0.05) is 26.8 Å². The minimum Gasteiger partial charge on any atom is -0.342 e. The lowest BCUT2D eigenvalue weighted by molar-refractivity contribution is 0.304. The van der Waals surface area contributed by atoms with E-state index in [4.69, 9.17) is 4.98 Å². The zero-order valence-corrected chi connectivity index (χ0v) is 15.8. The molecule has 1 aliphatic rings. The van der Waals surface area contributed by atoms with Crippen LogP contribution in [0.25, 0.3) is 11.0 Å². The average molecular weight is 350 g/mol. The molecule has 1 N–H and O–H groups in total. The lowest BCUT2D eigenvalue weighted by Crippen LogP contribution is -2.42. The first-order valence-corrected chi connectivity index (χ1v) is 10.2. The van der Waals surface area contributed by atoms with Gasteiger partial charge >= 0.3 is 0 Å². The predicted octanol–water partition coefficient (Wildman–Crippen LogP) is 3.43. The highest BCUT2D eigenvalue weighted by molar-refractivity contribution is 7.89. The predicted molar refractivity (Wildman–Crippen MR) is 97.6 cm³/mol. The smallest absolute Gasteiger partial charge is 0.214 e. The van der Waals surface area contributed by atoms with Crippen molar-refractivity contribution in [2.24, 2.45) is 5.41 Å². The van der Waals surface area contributed by atoms with Crippen molar-refractivity contribution >= 4 is 21.1 Å². The van der Waals surface area contributed by atoms with E-state index in [1.165, 1.54) is 5.56 Å². The number of sulfonamides is 1. The number of H-pyrrole nitrogens is 1. The van der Waals surface area contributed by atoms with Crippen molar-refractivity contribution in [1.29, 1.82) is 0 Å². The topological polar surface area (TPSA) is 66.1 Å². The van der Waals surface area contributed by atoms with Crippen LogP contribution < -0.4 is 0 Å². The summed E-state index contributed by atoms with van der Waals surface area (Å²) >= 11 is 0. The van der Waals surface area contributed by atoms with Crippen LogP contribution in [0.2, 0.25) is 0 Å². The maximum atomic E-state index is 12.7. The lowest BCUT2D eigenvalue weighted by Gasteiger charge is -2.33. The molecular weight excluding hydrogens is 322 g/mol. The molecule has 0 bridgehead atoms. The number of imidazole rings is 1. The Labute approximate surface area is 144 Å². The van der Waals surface area contributed by atoms with Gasteiger partial charge in [-0.25, -0.2) is 17.7 Å². The maximum absolute atomic E-state index is 12.7. The SMILES string of the molecule is Cc1ccc2nc(C3CCCN(S(=O)(=O)CC(C)(C)C)C3)[nH]c2c1. The molecular formula is C18H27N3O2S. The van der Waals surface area contributed by atoms with Gasteiger partial charge in [-0.3, -0.25) is 0 Å². The number of hydrogen-bond acceptors (Lipinski definition) is 3. The van der Waals surface area contributed by atoms with Crippen LogP contribution >= 0.6 is 0 Å². The van der Waals surface area contributed by atoms with Crippen LogP contribution in [-0.2, 0) is 10.0 Å². The van der Waals surface area contributed by atoms with Crippen LogP contribution in [0.5, 0.6) is 0 Å². The summed E-state index contributed by atoms with van der Waals surface area (Å²) in [5.41, 5.74) is 2.93. The van der Waals surface area contributed by atoms with Crippen molar-refractivity contribution in [2.75, 3.05) is 18.8 Å². The summed E-state index contributed by atoms with van der Waals surface area (Å²) in [4.78, 5) is 8.09. The molecule has 1 aliphatic heterocycles. The molecule has 2 aromatic rings. The van der Waals surface area contributed by atoms with Gasteiger partial charge in [0.15, 0.2) is 0 Å². The summed E-state index contributed by atoms with van der Waals surface area (Å²) in [6.07, 6.45) is 1.85. The average Bonchev–Trinajstić information content (AvgIpc) is 2.88. The van der Waals surface area contributed by atoms with E-state index in [2.05, 4.69) is 18.0 Å². The number of aromatic amines is 1. The molecule has 132 valence electrons. The van der Waals surface area contributed by atoms with Crippen molar-refractivity contribution in [3.63, 3.8) is 0 Å². The third kappa shape index (κ3) is 3.81. The van der Waals surface area contributed by atoms with E-state index in [-0.39, 0.29) is 17.1 Å². The molecule has 1 aromatic carbocycles. The molecule has 1 aromatic heterocycles. The molecule has 0 radical (unpaired) electrons. The molecule has 1 atom stereocenters. The van der Waals surface area contributed by atoms with E-state index in [1.807, 2.05) is 32.9 Å². The van der Waals surface area contributed by atoms with Gasteiger partial charge in [-0.15, -0.1) is 0 Å². The van der Waals surface area contributed by atoms with E-state index in [9.17, 15) is 8.42 Å². The van der Waals surface area contributed by atoms with Gasteiger partial charge in [0, 0.05) is 19.0 Å². The number of benzene rings is 1. The minimum atomic E-state index is -3.23. The zero-order valence-electron chi connectivity index (χ0n) is 15.0. The van der Waals surface area contributed by atoms with Gasteiger partial charge < -0.3 is 4.98 Å². The summed E-state index contributed by atoms with van der Waals surface area (Å²) in [6, 6.07) is 6.15. The normalized spacial score (nSPS) is 20.6. The van der Waals surface area contributed by atoms with Crippen molar-refractivity contribution < 1.29 is 8.42 Å². The maximum Gasteiger partial charge on any atom is 0.214 e. The third-order valence-corrected chi connectivity index (χ3v) is 6.78. The standard InChI is InChI=1S/C18H27N3O2S/c1-13-7-8-15-16(10-13)20-17(19-15)14-6-5-9-21(11-14)24(22,23)12-18(2,3)4/h7-8,10,14H,5-6,9,11-12H2,1-4H3,(H,19,20). The zero-order chi connectivity index (χ0) is 17.5. The van der Waals surface area contributed by atoms with E-state index < -0.39 is 10.0 Å².